The van der Waals surface area contributed by atoms with Gasteiger partial charge < -0.3 is 11.5 Å². The SMILES string of the molecule is NCC1(c2ccc(F)c(N)c2)CCCCC1. The number of halogens is 1. The van der Waals surface area contributed by atoms with E-state index in [2.05, 4.69) is 0 Å². The number of nitrogen functional groups attached to an aromatic ring is 1. The summed E-state index contributed by atoms with van der Waals surface area (Å²) in [4.78, 5) is 0. The van der Waals surface area contributed by atoms with Crippen LogP contribution in [0.2, 0.25) is 0 Å². The predicted molar refractivity (Wildman–Crippen MR) is 64.6 cm³/mol. The van der Waals surface area contributed by atoms with Crippen LogP contribution in [0, 0.1) is 5.82 Å². The molecule has 0 atom stereocenters. The van der Waals surface area contributed by atoms with E-state index < -0.39 is 0 Å². The zero-order valence-corrected chi connectivity index (χ0v) is 9.51. The molecular weight excluding hydrogens is 203 g/mol. The summed E-state index contributed by atoms with van der Waals surface area (Å²) in [5.74, 6) is -0.341. The predicted octanol–water partition coefficient (Wildman–Crippen LogP) is 2.57. The van der Waals surface area contributed by atoms with E-state index in [4.69, 9.17) is 11.5 Å². The van der Waals surface area contributed by atoms with Crippen molar-refractivity contribution < 1.29 is 4.39 Å². The number of nitrogens with two attached hydrogens (primary N) is 2. The molecule has 2 rings (SSSR count). The molecule has 1 fully saturated rings. The van der Waals surface area contributed by atoms with Crippen molar-refractivity contribution in [3.05, 3.63) is 29.6 Å². The van der Waals surface area contributed by atoms with Crippen molar-refractivity contribution in [3.8, 4) is 0 Å². The second kappa shape index (κ2) is 4.42. The van der Waals surface area contributed by atoms with Gasteiger partial charge in [-0.1, -0.05) is 25.3 Å². The highest BCUT2D eigenvalue weighted by Crippen LogP contribution is 2.39. The second-order valence-electron chi connectivity index (χ2n) is 4.78. The summed E-state index contributed by atoms with van der Waals surface area (Å²) in [5, 5.41) is 0. The molecule has 1 aromatic rings. The molecule has 4 N–H and O–H groups in total. The molecule has 1 aliphatic carbocycles. The molecule has 0 unspecified atom stereocenters. The van der Waals surface area contributed by atoms with Gasteiger partial charge in [-0.05, 0) is 30.5 Å². The van der Waals surface area contributed by atoms with E-state index in [1.54, 1.807) is 6.07 Å². The van der Waals surface area contributed by atoms with Gasteiger partial charge in [0.1, 0.15) is 5.82 Å². The van der Waals surface area contributed by atoms with Crippen LogP contribution in [0.25, 0.3) is 0 Å². The van der Waals surface area contributed by atoms with Crippen LogP contribution < -0.4 is 11.5 Å². The first-order valence-corrected chi connectivity index (χ1v) is 5.93. The van der Waals surface area contributed by atoms with Crippen molar-refractivity contribution in [1.82, 2.24) is 0 Å². The van der Waals surface area contributed by atoms with Gasteiger partial charge in [-0.25, -0.2) is 4.39 Å². The third-order valence-electron chi connectivity index (χ3n) is 3.81. The van der Waals surface area contributed by atoms with Crippen molar-refractivity contribution in [3.63, 3.8) is 0 Å². The van der Waals surface area contributed by atoms with E-state index in [1.807, 2.05) is 6.07 Å². The normalized spacial score (nSPS) is 19.6. The molecule has 0 bridgehead atoms. The minimum absolute atomic E-state index is 0.0278. The Morgan fingerprint density at radius 1 is 1.19 bits per heavy atom. The third-order valence-corrected chi connectivity index (χ3v) is 3.81. The summed E-state index contributed by atoms with van der Waals surface area (Å²) in [6.07, 6.45) is 5.87. The highest BCUT2D eigenvalue weighted by atomic mass is 19.1. The molecular formula is C13H19FN2. The Labute approximate surface area is 95.8 Å². The molecule has 1 saturated carbocycles. The molecule has 1 aliphatic rings. The van der Waals surface area contributed by atoms with Crippen LogP contribution in [-0.2, 0) is 5.41 Å². The average molecular weight is 222 g/mol. The molecule has 16 heavy (non-hydrogen) atoms. The quantitative estimate of drug-likeness (QED) is 0.756. The van der Waals surface area contributed by atoms with Crippen LogP contribution >= 0.6 is 0 Å². The van der Waals surface area contributed by atoms with Crippen molar-refractivity contribution >= 4 is 5.69 Å². The fourth-order valence-electron chi connectivity index (χ4n) is 2.71. The van der Waals surface area contributed by atoms with Gasteiger partial charge in [-0.3, -0.25) is 0 Å². The molecule has 0 amide bonds. The number of anilines is 1. The average Bonchev–Trinajstić information content (AvgIpc) is 2.33. The van der Waals surface area contributed by atoms with Crippen molar-refractivity contribution in [1.29, 1.82) is 0 Å². The lowest BCUT2D eigenvalue weighted by Gasteiger charge is -2.37. The van der Waals surface area contributed by atoms with Gasteiger partial charge in [0.25, 0.3) is 0 Å². The fraction of sp³-hybridized carbons (Fsp3) is 0.538. The zero-order chi connectivity index (χ0) is 11.6. The molecule has 0 heterocycles. The van der Waals surface area contributed by atoms with E-state index >= 15 is 0 Å². The van der Waals surface area contributed by atoms with Gasteiger partial charge in [0.2, 0.25) is 0 Å². The maximum Gasteiger partial charge on any atom is 0.146 e. The fourth-order valence-corrected chi connectivity index (χ4v) is 2.71. The molecule has 1 aromatic carbocycles. The standard InChI is InChI=1S/C13H19FN2/c14-11-5-4-10(8-12(11)16)13(9-15)6-2-1-3-7-13/h4-5,8H,1-3,6-7,9,15-16H2. The third kappa shape index (κ3) is 1.92. The van der Waals surface area contributed by atoms with Gasteiger partial charge in [0.05, 0.1) is 5.69 Å². The van der Waals surface area contributed by atoms with E-state index in [0.29, 0.717) is 6.54 Å². The van der Waals surface area contributed by atoms with Gasteiger partial charge in [-0.2, -0.15) is 0 Å². The van der Waals surface area contributed by atoms with Crippen LogP contribution in [0.5, 0.6) is 0 Å². The second-order valence-corrected chi connectivity index (χ2v) is 4.78. The van der Waals surface area contributed by atoms with Gasteiger partial charge in [-0.15, -0.1) is 0 Å². The summed E-state index contributed by atoms with van der Waals surface area (Å²) in [7, 11) is 0. The van der Waals surface area contributed by atoms with E-state index in [0.717, 1.165) is 18.4 Å². The van der Waals surface area contributed by atoms with Crippen LogP contribution in [0.3, 0.4) is 0 Å². The van der Waals surface area contributed by atoms with Gasteiger partial charge in [0.15, 0.2) is 0 Å². The summed E-state index contributed by atoms with van der Waals surface area (Å²) in [6, 6.07) is 5.05. The van der Waals surface area contributed by atoms with Crippen molar-refractivity contribution in [2.45, 2.75) is 37.5 Å². The first-order valence-electron chi connectivity index (χ1n) is 5.93. The van der Waals surface area contributed by atoms with Crippen LogP contribution in [0.4, 0.5) is 10.1 Å². The topological polar surface area (TPSA) is 52.0 Å². The summed E-state index contributed by atoms with van der Waals surface area (Å²) in [6.45, 7) is 0.623. The minimum atomic E-state index is -0.341. The zero-order valence-electron chi connectivity index (χ0n) is 9.51. The molecule has 0 spiro atoms. The first kappa shape index (κ1) is 11.4. The lowest BCUT2D eigenvalue weighted by Crippen LogP contribution is -2.37. The molecule has 3 heteroatoms. The largest absolute Gasteiger partial charge is 0.396 e. The summed E-state index contributed by atoms with van der Waals surface area (Å²) >= 11 is 0. The van der Waals surface area contributed by atoms with Gasteiger partial charge in [0, 0.05) is 12.0 Å². The van der Waals surface area contributed by atoms with Gasteiger partial charge >= 0.3 is 0 Å². The van der Waals surface area contributed by atoms with E-state index in [-0.39, 0.29) is 16.9 Å². The van der Waals surface area contributed by atoms with Crippen LogP contribution in [-0.4, -0.2) is 6.54 Å². The van der Waals surface area contributed by atoms with Crippen molar-refractivity contribution in [2.24, 2.45) is 5.73 Å². The Morgan fingerprint density at radius 2 is 1.88 bits per heavy atom. The van der Waals surface area contributed by atoms with E-state index in [9.17, 15) is 4.39 Å². The van der Waals surface area contributed by atoms with Crippen LogP contribution in [0.1, 0.15) is 37.7 Å². The Balaban J connectivity index is 2.35. The molecule has 88 valence electrons. The number of rotatable bonds is 2. The highest BCUT2D eigenvalue weighted by Gasteiger charge is 2.32. The molecule has 2 nitrogen and oxygen atoms in total. The lowest BCUT2D eigenvalue weighted by molar-refractivity contribution is 0.300. The maximum absolute atomic E-state index is 13.1. The number of benzene rings is 1. The molecule has 0 radical (unpaired) electrons. The smallest absolute Gasteiger partial charge is 0.146 e. The monoisotopic (exact) mass is 222 g/mol. The molecule has 0 saturated heterocycles. The Kier molecular flexibility index (Phi) is 3.15. The first-order chi connectivity index (χ1) is 7.68. The minimum Gasteiger partial charge on any atom is -0.396 e. The Morgan fingerprint density at radius 3 is 2.44 bits per heavy atom. The molecule has 0 aromatic heterocycles. The number of hydrogen-bond acceptors (Lipinski definition) is 2. The Bertz CT molecular complexity index is 370. The summed E-state index contributed by atoms with van der Waals surface area (Å²) < 4.78 is 13.1. The van der Waals surface area contributed by atoms with E-state index in [1.165, 1.54) is 25.3 Å². The molecule has 0 aliphatic heterocycles. The summed E-state index contributed by atoms with van der Waals surface area (Å²) in [5.41, 5.74) is 12.9. The van der Waals surface area contributed by atoms with Crippen molar-refractivity contribution in [2.75, 3.05) is 12.3 Å². The lowest BCUT2D eigenvalue weighted by atomic mass is 9.69. The highest BCUT2D eigenvalue weighted by molar-refractivity contribution is 5.45. The van der Waals surface area contributed by atoms with Crippen LogP contribution in [0.15, 0.2) is 18.2 Å². The Hall–Kier alpha value is -1.09. The number of hydrogen-bond donors (Lipinski definition) is 2. The maximum atomic E-state index is 13.1.